The topological polar surface area (TPSA) is 145 Å². The number of hydrogen-bond acceptors (Lipinski definition) is 6. The molecule has 0 bridgehead atoms. The highest BCUT2D eigenvalue weighted by Crippen LogP contribution is 2.35. The summed E-state index contributed by atoms with van der Waals surface area (Å²) in [6.45, 7) is 0.0974. The fourth-order valence-corrected chi connectivity index (χ4v) is 0.983. The summed E-state index contributed by atoms with van der Waals surface area (Å²) in [4.78, 5) is 27.4. The van der Waals surface area contributed by atoms with Crippen molar-refractivity contribution in [3.63, 3.8) is 0 Å². The fourth-order valence-electron chi connectivity index (χ4n) is 0.687. The molecule has 0 saturated heterocycles. The van der Waals surface area contributed by atoms with Crippen molar-refractivity contribution in [1.29, 1.82) is 0 Å². The maximum atomic E-state index is 10.9. The summed E-state index contributed by atoms with van der Waals surface area (Å²) in [5.41, 5.74) is 0. The Morgan fingerprint density at radius 1 is 1.33 bits per heavy atom. The Morgan fingerprint density at radius 3 is 2.13 bits per heavy atom. The first-order chi connectivity index (χ1) is 6.65. The van der Waals surface area contributed by atoms with Gasteiger partial charge in [0, 0.05) is 0 Å². The van der Waals surface area contributed by atoms with Crippen LogP contribution in [0.15, 0.2) is 0 Å². The van der Waals surface area contributed by atoms with Crippen molar-refractivity contribution in [1.82, 2.24) is 0 Å². The molecule has 0 aromatic heterocycles. The molecule has 5 N–H and O–H groups in total. The zero-order valence-electron chi connectivity index (χ0n) is 7.85. The van der Waals surface area contributed by atoms with Crippen molar-refractivity contribution in [3.05, 3.63) is 0 Å². The van der Waals surface area contributed by atoms with E-state index in [0.29, 0.717) is 0 Å². The number of Topliss-reactive ketones (excluding diaryl/α,β-unsaturated/α-hetero) is 1. The Bertz CT molecular complexity index is 258. The lowest BCUT2D eigenvalue weighted by atomic mass is 10.1. The fraction of sp³-hybridized carbons (Fsp3) is 0.833. The molecule has 0 unspecified atom stereocenters. The molecule has 8 nitrogen and oxygen atoms in total. The zero-order valence-corrected chi connectivity index (χ0v) is 8.74. The summed E-state index contributed by atoms with van der Waals surface area (Å²) >= 11 is 0. The zero-order chi connectivity index (χ0) is 12.2. The van der Waals surface area contributed by atoms with Crippen molar-refractivity contribution < 1.29 is 39.0 Å². The van der Waals surface area contributed by atoms with Gasteiger partial charge in [0.2, 0.25) is 0 Å². The van der Waals surface area contributed by atoms with Gasteiger partial charge in [0.15, 0.2) is 5.78 Å². The molecule has 0 fully saturated rings. The third-order valence-corrected chi connectivity index (χ3v) is 1.99. The van der Waals surface area contributed by atoms with Crippen LogP contribution >= 0.6 is 7.82 Å². The molecule has 0 aromatic carbocycles. The lowest BCUT2D eigenvalue weighted by Gasteiger charge is -2.18. The number of phosphoric ester groups is 1. The summed E-state index contributed by atoms with van der Waals surface area (Å²) in [5, 5.41) is 26.9. The monoisotopic (exact) mass is 244 g/mol. The van der Waals surface area contributed by atoms with Gasteiger partial charge in [-0.05, 0) is 6.92 Å². The molecular weight excluding hydrogens is 231 g/mol. The van der Waals surface area contributed by atoms with Gasteiger partial charge >= 0.3 is 7.82 Å². The molecule has 0 heterocycles. The average Bonchev–Trinajstić information content (AvgIpc) is 2.10. The quantitative estimate of drug-likeness (QED) is 0.330. The Balaban J connectivity index is 4.17. The van der Waals surface area contributed by atoms with E-state index in [2.05, 4.69) is 4.52 Å². The van der Waals surface area contributed by atoms with Crippen LogP contribution in [0.2, 0.25) is 0 Å². The number of hydrogen-bond donors (Lipinski definition) is 5. The Morgan fingerprint density at radius 2 is 1.80 bits per heavy atom. The number of ketones is 1. The predicted molar refractivity (Wildman–Crippen MR) is 46.7 cm³/mol. The Hall–Kier alpha value is -0.340. The molecule has 9 heteroatoms. The van der Waals surface area contributed by atoms with Crippen molar-refractivity contribution in [2.45, 2.75) is 25.2 Å². The second-order valence-corrected chi connectivity index (χ2v) is 4.15. The van der Waals surface area contributed by atoms with Gasteiger partial charge in [0.05, 0.1) is 6.10 Å². The van der Waals surface area contributed by atoms with E-state index >= 15 is 0 Å². The molecule has 0 aliphatic carbocycles. The van der Waals surface area contributed by atoms with E-state index in [1.165, 1.54) is 0 Å². The van der Waals surface area contributed by atoms with Gasteiger partial charge in [-0.2, -0.15) is 0 Å². The number of aliphatic hydroxyl groups excluding tert-OH is 3. The SMILES string of the molecule is C[C@H](O)[C@H](O)[C@@H](O)C(=O)COP(=O)(O)O. The highest BCUT2D eigenvalue weighted by molar-refractivity contribution is 7.46. The summed E-state index contributed by atoms with van der Waals surface area (Å²) in [5.74, 6) is -1.13. The van der Waals surface area contributed by atoms with E-state index in [9.17, 15) is 9.36 Å². The van der Waals surface area contributed by atoms with E-state index in [0.717, 1.165) is 6.92 Å². The molecule has 90 valence electrons. The van der Waals surface area contributed by atoms with E-state index in [1.807, 2.05) is 0 Å². The molecular formula is C6H13O8P. The number of rotatable bonds is 6. The first-order valence-electron chi connectivity index (χ1n) is 3.92. The lowest BCUT2D eigenvalue weighted by Crippen LogP contribution is -2.42. The third-order valence-electron chi connectivity index (χ3n) is 1.52. The molecule has 0 rings (SSSR count). The van der Waals surface area contributed by atoms with Crippen LogP contribution in [0.25, 0.3) is 0 Å². The molecule has 0 aliphatic rings. The highest BCUT2D eigenvalue weighted by Gasteiger charge is 2.29. The van der Waals surface area contributed by atoms with Crippen molar-refractivity contribution >= 4 is 13.6 Å². The Kier molecular flexibility index (Phi) is 5.54. The van der Waals surface area contributed by atoms with Gasteiger partial charge in [0.25, 0.3) is 0 Å². The number of aliphatic hydroxyl groups is 3. The maximum Gasteiger partial charge on any atom is 0.470 e. The van der Waals surface area contributed by atoms with Gasteiger partial charge in [0.1, 0.15) is 18.8 Å². The van der Waals surface area contributed by atoms with Gasteiger partial charge in [-0.25, -0.2) is 4.57 Å². The number of carbonyl (C=O) groups excluding carboxylic acids is 1. The van der Waals surface area contributed by atoms with Gasteiger partial charge in [-0.3, -0.25) is 9.32 Å². The van der Waals surface area contributed by atoms with Crippen molar-refractivity contribution in [3.8, 4) is 0 Å². The second kappa shape index (κ2) is 5.66. The number of carbonyl (C=O) groups is 1. The van der Waals surface area contributed by atoms with Gasteiger partial charge < -0.3 is 25.1 Å². The second-order valence-electron chi connectivity index (χ2n) is 2.91. The van der Waals surface area contributed by atoms with Crippen LogP contribution in [0, 0.1) is 0 Å². The minimum absolute atomic E-state index is 1.05. The van der Waals surface area contributed by atoms with Crippen LogP contribution in [0.4, 0.5) is 0 Å². The molecule has 0 amide bonds. The number of phosphoric acid groups is 1. The van der Waals surface area contributed by atoms with Gasteiger partial charge in [-0.1, -0.05) is 0 Å². The third kappa shape index (κ3) is 5.95. The van der Waals surface area contributed by atoms with Crippen molar-refractivity contribution in [2.24, 2.45) is 0 Å². The van der Waals surface area contributed by atoms with Crippen LogP contribution in [0.3, 0.4) is 0 Å². The molecule has 3 atom stereocenters. The molecule has 0 aromatic rings. The molecule has 0 radical (unpaired) electrons. The van der Waals surface area contributed by atoms with Crippen LogP contribution in [0.1, 0.15) is 6.92 Å². The van der Waals surface area contributed by atoms with Crippen molar-refractivity contribution in [2.75, 3.05) is 6.61 Å². The van der Waals surface area contributed by atoms with E-state index < -0.39 is 38.5 Å². The summed E-state index contributed by atoms with van der Waals surface area (Å²) in [7, 11) is -4.79. The lowest BCUT2D eigenvalue weighted by molar-refractivity contribution is -0.140. The first-order valence-corrected chi connectivity index (χ1v) is 5.45. The van der Waals surface area contributed by atoms with Crippen LogP contribution in [0.5, 0.6) is 0 Å². The van der Waals surface area contributed by atoms with Crippen LogP contribution in [-0.2, 0) is 13.9 Å². The standard InChI is InChI=1S/C6H13O8P/c1-3(7)5(9)6(10)4(8)2-14-15(11,12)13/h3,5-7,9-10H,2H2,1H3,(H2,11,12,13)/t3-,5-,6-/m0/s1. The minimum atomic E-state index is -4.79. The molecule has 0 aliphatic heterocycles. The van der Waals surface area contributed by atoms with E-state index in [-0.39, 0.29) is 0 Å². The molecule has 0 saturated carbocycles. The predicted octanol–water partition coefficient (Wildman–Crippen LogP) is -2.23. The Labute approximate surface area is 85.4 Å². The van der Waals surface area contributed by atoms with Crippen LogP contribution in [-0.4, -0.2) is 55.8 Å². The average molecular weight is 244 g/mol. The molecule has 0 spiro atoms. The van der Waals surface area contributed by atoms with Gasteiger partial charge in [-0.15, -0.1) is 0 Å². The highest BCUT2D eigenvalue weighted by atomic mass is 31.2. The first kappa shape index (κ1) is 14.7. The summed E-state index contributed by atoms with van der Waals surface area (Å²) in [6.07, 6.45) is -5.02. The normalized spacial score (nSPS) is 18.3. The van der Waals surface area contributed by atoms with E-state index in [1.54, 1.807) is 0 Å². The van der Waals surface area contributed by atoms with E-state index in [4.69, 9.17) is 25.1 Å². The van der Waals surface area contributed by atoms with Crippen LogP contribution < -0.4 is 0 Å². The summed E-state index contributed by atoms with van der Waals surface area (Å²) < 4.78 is 14.0. The molecule has 15 heavy (non-hydrogen) atoms. The maximum absolute atomic E-state index is 10.9. The smallest absolute Gasteiger partial charge is 0.391 e. The largest absolute Gasteiger partial charge is 0.470 e. The minimum Gasteiger partial charge on any atom is -0.391 e. The summed E-state index contributed by atoms with van der Waals surface area (Å²) in [6, 6.07) is 0.